The fraction of sp³-hybridized carbons (Fsp3) is 1.00. The van der Waals surface area contributed by atoms with Gasteiger partial charge in [0.15, 0.2) is 0 Å². The summed E-state index contributed by atoms with van der Waals surface area (Å²) in [5, 5.41) is 3.49. The van der Waals surface area contributed by atoms with Crippen molar-refractivity contribution in [2.75, 3.05) is 19.8 Å². The Kier molecular flexibility index (Phi) is 9.12. The summed E-state index contributed by atoms with van der Waals surface area (Å²) in [6, 6.07) is 0.620. The molecular weight excluding hydrogens is 186 g/mol. The molecule has 1 unspecified atom stereocenters. The van der Waals surface area contributed by atoms with E-state index < -0.39 is 0 Å². The van der Waals surface area contributed by atoms with Gasteiger partial charge in [0.25, 0.3) is 0 Å². The van der Waals surface area contributed by atoms with Crippen LogP contribution in [0, 0.1) is 11.8 Å². The lowest BCUT2D eigenvalue weighted by atomic mass is 10.0. The molecule has 1 atom stereocenters. The summed E-state index contributed by atoms with van der Waals surface area (Å²) in [5.74, 6) is 1.45. The highest BCUT2D eigenvalue weighted by atomic mass is 16.5. The number of nitrogens with one attached hydrogen (secondary N) is 1. The van der Waals surface area contributed by atoms with Crippen LogP contribution in [0.5, 0.6) is 0 Å². The van der Waals surface area contributed by atoms with Crippen molar-refractivity contribution in [1.29, 1.82) is 0 Å². The Bertz CT molecular complexity index is 134. The number of ether oxygens (including phenoxy) is 1. The van der Waals surface area contributed by atoms with E-state index in [0.29, 0.717) is 12.0 Å². The molecule has 0 aromatic heterocycles. The number of hydrogen-bond acceptors (Lipinski definition) is 2. The quantitative estimate of drug-likeness (QED) is 0.597. The maximum atomic E-state index is 5.51. The average molecular weight is 215 g/mol. The van der Waals surface area contributed by atoms with Crippen LogP contribution in [0.25, 0.3) is 0 Å². The summed E-state index contributed by atoms with van der Waals surface area (Å²) in [6.07, 6.45) is 2.57. The fourth-order valence-corrected chi connectivity index (χ4v) is 1.38. The van der Waals surface area contributed by atoms with Gasteiger partial charge in [-0.15, -0.1) is 0 Å². The van der Waals surface area contributed by atoms with Crippen molar-refractivity contribution in [1.82, 2.24) is 5.32 Å². The third-order valence-corrected chi connectivity index (χ3v) is 2.37. The topological polar surface area (TPSA) is 21.3 Å². The van der Waals surface area contributed by atoms with Crippen molar-refractivity contribution in [2.24, 2.45) is 11.8 Å². The molecule has 2 nitrogen and oxygen atoms in total. The van der Waals surface area contributed by atoms with Gasteiger partial charge in [0.05, 0.1) is 6.61 Å². The maximum Gasteiger partial charge on any atom is 0.0591 e. The first-order valence-corrected chi connectivity index (χ1v) is 6.33. The lowest BCUT2D eigenvalue weighted by Gasteiger charge is -2.15. The second kappa shape index (κ2) is 9.17. The van der Waals surface area contributed by atoms with Gasteiger partial charge in [0.2, 0.25) is 0 Å². The molecule has 0 saturated heterocycles. The zero-order chi connectivity index (χ0) is 11.7. The monoisotopic (exact) mass is 215 g/mol. The normalized spacial score (nSPS) is 13.8. The smallest absolute Gasteiger partial charge is 0.0591 e. The predicted molar refractivity (Wildman–Crippen MR) is 67.2 cm³/mol. The summed E-state index contributed by atoms with van der Waals surface area (Å²) >= 11 is 0. The average Bonchev–Trinajstić information content (AvgIpc) is 2.13. The molecule has 0 fully saturated rings. The van der Waals surface area contributed by atoms with Gasteiger partial charge in [0, 0.05) is 19.2 Å². The Balaban J connectivity index is 3.20. The third-order valence-electron chi connectivity index (χ3n) is 2.37. The Morgan fingerprint density at radius 1 is 0.933 bits per heavy atom. The van der Waals surface area contributed by atoms with Gasteiger partial charge < -0.3 is 10.1 Å². The molecule has 0 heterocycles. The van der Waals surface area contributed by atoms with Crippen molar-refractivity contribution in [2.45, 2.75) is 53.5 Å². The van der Waals surface area contributed by atoms with Crippen LogP contribution in [-0.4, -0.2) is 25.8 Å². The molecule has 2 heteroatoms. The van der Waals surface area contributed by atoms with Crippen LogP contribution in [-0.2, 0) is 4.74 Å². The molecule has 0 bridgehead atoms. The lowest BCUT2D eigenvalue weighted by Crippen LogP contribution is -2.30. The zero-order valence-electron chi connectivity index (χ0n) is 11.2. The molecule has 0 aromatic carbocycles. The van der Waals surface area contributed by atoms with Crippen molar-refractivity contribution in [3.05, 3.63) is 0 Å². The van der Waals surface area contributed by atoms with Crippen LogP contribution in [0.1, 0.15) is 47.5 Å². The number of hydrogen-bond donors (Lipinski definition) is 1. The third kappa shape index (κ3) is 11.8. The lowest BCUT2D eigenvalue weighted by molar-refractivity contribution is 0.110. The van der Waals surface area contributed by atoms with Gasteiger partial charge >= 0.3 is 0 Å². The van der Waals surface area contributed by atoms with E-state index >= 15 is 0 Å². The van der Waals surface area contributed by atoms with E-state index in [2.05, 4.69) is 39.9 Å². The van der Waals surface area contributed by atoms with Crippen molar-refractivity contribution in [3.63, 3.8) is 0 Å². The molecule has 0 aromatic rings. The minimum absolute atomic E-state index is 0.620. The number of rotatable bonds is 9. The Hall–Kier alpha value is -0.0800. The summed E-state index contributed by atoms with van der Waals surface area (Å²) < 4.78 is 5.51. The minimum atomic E-state index is 0.620. The predicted octanol–water partition coefficient (Wildman–Crippen LogP) is 3.07. The van der Waals surface area contributed by atoms with Gasteiger partial charge in [-0.1, -0.05) is 27.7 Å². The molecule has 0 aliphatic heterocycles. The largest absolute Gasteiger partial charge is 0.380 e. The summed E-state index contributed by atoms with van der Waals surface area (Å²) in [5.41, 5.74) is 0. The van der Waals surface area contributed by atoms with E-state index in [9.17, 15) is 0 Å². The van der Waals surface area contributed by atoms with Crippen LogP contribution < -0.4 is 5.32 Å². The first-order chi connectivity index (χ1) is 7.02. The molecule has 0 spiro atoms. The second-order valence-electron chi connectivity index (χ2n) is 5.30. The van der Waals surface area contributed by atoms with Gasteiger partial charge in [-0.2, -0.15) is 0 Å². The SMILES string of the molecule is CC(C)CCC(C)NCCOCC(C)C. The van der Waals surface area contributed by atoms with E-state index in [0.717, 1.165) is 25.7 Å². The molecule has 1 N–H and O–H groups in total. The van der Waals surface area contributed by atoms with Crippen LogP contribution in [0.4, 0.5) is 0 Å². The molecule has 0 saturated carbocycles. The highest BCUT2D eigenvalue weighted by molar-refractivity contribution is 4.61. The van der Waals surface area contributed by atoms with Gasteiger partial charge in [-0.25, -0.2) is 0 Å². The molecule has 0 aliphatic carbocycles. The van der Waals surface area contributed by atoms with E-state index in [1.165, 1.54) is 12.8 Å². The van der Waals surface area contributed by atoms with Crippen molar-refractivity contribution < 1.29 is 4.74 Å². The van der Waals surface area contributed by atoms with Crippen LogP contribution in [0.2, 0.25) is 0 Å². The summed E-state index contributed by atoms with van der Waals surface area (Å²) in [4.78, 5) is 0. The minimum Gasteiger partial charge on any atom is -0.380 e. The van der Waals surface area contributed by atoms with E-state index in [4.69, 9.17) is 4.74 Å². The van der Waals surface area contributed by atoms with E-state index in [1.54, 1.807) is 0 Å². The molecular formula is C13H29NO. The van der Waals surface area contributed by atoms with E-state index in [1.807, 2.05) is 0 Å². The van der Waals surface area contributed by atoms with Crippen LogP contribution in [0.15, 0.2) is 0 Å². The van der Waals surface area contributed by atoms with Crippen molar-refractivity contribution in [3.8, 4) is 0 Å². The molecule has 0 radical (unpaired) electrons. The standard InChI is InChI=1S/C13H29NO/c1-11(2)6-7-13(5)14-8-9-15-10-12(3)4/h11-14H,6-10H2,1-5H3. The summed E-state index contributed by atoms with van der Waals surface area (Å²) in [6.45, 7) is 13.9. The molecule has 0 aliphatic rings. The molecule has 0 rings (SSSR count). The first kappa shape index (κ1) is 14.9. The maximum absolute atomic E-state index is 5.51. The van der Waals surface area contributed by atoms with Crippen molar-refractivity contribution >= 4 is 0 Å². The fourth-order valence-electron chi connectivity index (χ4n) is 1.38. The second-order valence-corrected chi connectivity index (χ2v) is 5.30. The van der Waals surface area contributed by atoms with E-state index in [-0.39, 0.29) is 0 Å². The highest BCUT2D eigenvalue weighted by Gasteiger charge is 2.02. The van der Waals surface area contributed by atoms with Gasteiger partial charge in [-0.05, 0) is 31.6 Å². The van der Waals surface area contributed by atoms with Gasteiger partial charge in [-0.3, -0.25) is 0 Å². The van der Waals surface area contributed by atoms with Gasteiger partial charge in [0.1, 0.15) is 0 Å². The summed E-state index contributed by atoms with van der Waals surface area (Å²) in [7, 11) is 0. The highest BCUT2D eigenvalue weighted by Crippen LogP contribution is 2.05. The molecule has 15 heavy (non-hydrogen) atoms. The Labute approximate surface area is 95.8 Å². The zero-order valence-corrected chi connectivity index (χ0v) is 11.2. The Morgan fingerprint density at radius 3 is 2.13 bits per heavy atom. The molecule has 92 valence electrons. The first-order valence-electron chi connectivity index (χ1n) is 6.33. The molecule has 0 amide bonds. The van der Waals surface area contributed by atoms with Crippen LogP contribution in [0.3, 0.4) is 0 Å². The van der Waals surface area contributed by atoms with Crippen LogP contribution >= 0.6 is 0 Å². The Morgan fingerprint density at radius 2 is 1.60 bits per heavy atom.